The van der Waals surface area contributed by atoms with Crippen molar-refractivity contribution in [1.82, 2.24) is 10.6 Å². The Morgan fingerprint density at radius 1 is 1.53 bits per heavy atom. The summed E-state index contributed by atoms with van der Waals surface area (Å²) in [6.07, 6.45) is 3.36. The fraction of sp³-hybridized carbons (Fsp3) is 0.923. The second-order valence-electron chi connectivity index (χ2n) is 5.83. The van der Waals surface area contributed by atoms with Crippen molar-refractivity contribution in [1.29, 1.82) is 0 Å². The minimum atomic E-state index is 0.0123. The van der Waals surface area contributed by atoms with Crippen molar-refractivity contribution in [3.63, 3.8) is 0 Å². The van der Waals surface area contributed by atoms with Crippen molar-refractivity contribution in [3.05, 3.63) is 0 Å². The summed E-state index contributed by atoms with van der Waals surface area (Å²) in [5, 5.41) is 6.37. The first kappa shape index (κ1) is 12.8. The Kier molecular flexibility index (Phi) is 4.05. The summed E-state index contributed by atoms with van der Waals surface area (Å²) < 4.78 is 5.18. The Balaban J connectivity index is 1.75. The highest BCUT2D eigenvalue weighted by Gasteiger charge is 2.34. The third-order valence-corrected chi connectivity index (χ3v) is 4.00. The molecule has 2 rings (SSSR count). The average molecular weight is 240 g/mol. The maximum Gasteiger partial charge on any atom is 0.237 e. The minimum absolute atomic E-state index is 0.0123. The molecule has 2 heterocycles. The van der Waals surface area contributed by atoms with E-state index in [0.29, 0.717) is 5.92 Å². The van der Waals surface area contributed by atoms with Crippen molar-refractivity contribution in [2.45, 2.75) is 39.2 Å². The quantitative estimate of drug-likeness (QED) is 0.768. The van der Waals surface area contributed by atoms with Gasteiger partial charge in [-0.25, -0.2) is 0 Å². The van der Waals surface area contributed by atoms with Crippen molar-refractivity contribution in [2.24, 2.45) is 11.3 Å². The molecule has 0 saturated carbocycles. The summed E-state index contributed by atoms with van der Waals surface area (Å²) in [7, 11) is 0. The van der Waals surface area contributed by atoms with Gasteiger partial charge in [-0.2, -0.15) is 0 Å². The molecule has 2 saturated heterocycles. The fourth-order valence-electron chi connectivity index (χ4n) is 2.54. The van der Waals surface area contributed by atoms with Crippen LogP contribution in [0.1, 0.15) is 33.1 Å². The summed E-state index contributed by atoms with van der Waals surface area (Å²) in [6, 6.07) is 0.0123. The number of rotatable bonds is 4. The van der Waals surface area contributed by atoms with Crippen LogP contribution in [0.15, 0.2) is 0 Å². The van der Waals surface area contributed by atoms with Crippen LogP contribution in [0.25, 0.3) is 0 Å². The summed E-state index contributed by atoms with van der Waals surface area (Å²) >= 11 is 0. The van der Waals surface area contributed by atoms with Crippen molar-refractivity contribution < 1.29 is 9.53 Å². The van der Waals surface area contributed by atoms with E-state index in [2.05, 4.69) is 24.5 Å². The van der Waals surface area contributed by atoms with E-state index in [1.54, 1.807) is 0 Å². The maximum absolute atomic E-state index is 12.0. The number of piperidine rings is 1. The van der Waals surface area contributed by atoms with Gasteiger partial charge in [0.25, 0.3) is 0 Å². The first-order valence-corrected chi connectivity index (χ1v) is 6.72. The first-order valence-electron chi connectivity index (χ1n) is 6.72. The Morgan fingerprint density at radius 3 is 2.88 bits per heavy atom. The molecule has 2 N–H and O–H groups in total. The third kappa shape index (κ3) is 3.19. The highest BCUT2D eigenvalue weighted by Crippen LogP contribution is 2.25. The molecule has 0 bridgehead atoms. The van der Waals surface area contributed by atoms with Crippen LogP contribution in [0, 0.1) is 11.3 Å². The molecule has 4 heteroatoms. The van der Waals surface area contributed by atoms with Gasteiger partial charge < -0.3 is 15.4 Å². The lowest BCUT2D eigenvalue weighted by Gasteiger charge is -2.38. The molecule has 98 valence electrons. The number of nitrogens with one attached hydrogen (secondary N) is 2. The monoisotopic (exact) mass is 240 g/mol. The largest absolute Gasteiger partial charge is 0.380 e. The topological polar surface area (TPSA) is 50.4 Å². The molecule has 1 amide bonds. The number of carbonyl (C=O) groups is 1. The van der Waals surface area contributed by atoms with Crippen LogP contribution >= 0.6 is 0 Å². The Labute approximate surface area is 103 Å². The van der Waals surface area contributed by atoms with Crippen molar-refractivity contribution in [2.75, 3.05) is 26.3 Å². The molecule has 2 aliphatic rings. The van der Waals surface area contributed by atoms with Gasteiger partial charge in [0.05, 0.1) is 19.3 Å². The summed E-state index contributed by atoms with van der Waals surface area (Å²) in [5.41, 5.74) is 0.161. The van der Waals surface area contributed by atoms with Crippen LogP contribution in [-0.4, -0.2) is 38.3 Å². The number of ether oxygens (including phenoxy) is 1. The zero-order valence-electron chi connectivity index (χ0n) is 10.9. The summed E-state index contributed by atoms with van der Waals surface area (Å²) in [4.78, 5) is 12.0. The van der Waals surface area contributed by atoms with E-state index in [9.17, 15) is 4.79 Å². The lowest BCUT2D eigenvalue weighted by atomic mass is 9.87. The molecule has 0 aromatic heterocycles. The van der Waals surface area contributed by atoms with E-state index in [4.69, 9.17) is 4.74 Å². The number of carbonyl (C=O) groups excluding carboxylic acids is 1. The van der Waals surface area contributed by atoms with Crippen LogP contribution in [0.5, 0.6) is 0 Å². The van der Waals surface area contributed by atoms with Crippen molar-refractivity contribution >= 4 is 5.91 Å². The van der Waals surface area contributed by atoms with Gasteiger partial charge >= 0.3 is 0 Å². The number of hydrogen-bond acceptors (Lipinski definition) is 3. The van der Waals surface area contributed by atoms with Gasteiger partial charge in [-0.3, -0.25) is 4.79 Å². The molecule has 0 aliphatic carbocycles. The zero-order valence-corrected chi connectivity index (χ0v) is 10.9. The van der Waals surface area contributed by atoms with Gasteiger partial charge in [0.1, 0.15) is 0 Å². The van der Waals surface area contributed by atoms with Gasteiger partial charge in [0.2, 0.25) is 5.91 Å². The third-order valence-electron chi connectivity index (χ3n) is 4.00. The van der Waals surface area contributed by atoms with Crippen LogP contribution < -0.4 is 10.6 Å². The number of amides is 1. The predicted octanol–water partition coefficient (Wildman–Crippen LogP) is 0.917. The summed E-state index contributed by atoms with van der Waals surface area (Å²) in [5.74, 6) is 0.867. The van der Waals surface area contributed by atoms with E-state index in [0.717, 1.165) is 32.7 Å². The van der Waals surface area contributed by atoms with E-state index in [1.807, 2.05) is 0 Å². The Bertz CT molecular complexity index is 277. The van der Waals surface area contributed by atoms with Gasteiger partial charge in [-0.1, -0.05) is 20.3 Å². The highest BCUT2D eigenvalue weighted by atomic mass is 16.5. The zero-order chi connectivity index (χ0) is 12.3. The van der Waals surface area contributed by atoms with Crippen LogP contribution in [0.3, 0.4) is 0 Å². The SMILES string of the molecule is CCC1CCNC(C(=O)NCC2(C)COC2)C1. The molecule has 2 fully saturated rings. The van der Waals surface area contributed by atoms with E-state index >= 15 is 0 Å². The molecule has 2 atom stereocenters. The maximum atomic E-state index is 12.0. The molecule has 0 aromatic rings. The van der Waals surface area contributed by atoms with Gasteiger partial charge in [0, 0.05) is 12.0 Å². The lowest BCUT2D eigenvalue weighted by molar-refractivity contribution is -0.129. The molecule has 0 spiro atoms. The second-order valence-corrected chi connectivity index (χ2v) is 5.83. The normalized spacial score (nSPS) is 31.6. The first-order chi connectivity index (χ1) is 8.13. The smallest absolute Gasteiger partial charge is 0.237 e. The second kappa shape index (κ2) is 5.36. The summed E-state index contributed by atoms with van der Waals surface area (Å²) in [6.45, 7) is 7.60. The van der Waals surface area contributed by atoms with Crippen LogP contribution in [0.2, 0.25) is 0 Å². The number of hydrogen-bond donors (Lipinski definition) is 2. The van der Waals surface area contributed by atoms with Gasteiger partial charge in [0.15, 0.2) is 0 Å². The lowest BCUT2D eigenvalue weighted by Crippen LogP contribution is -2.54. The van der Waals surface area contributed by atoms with E-state index in [1.165, 1.54) is 12.8 Å². The fourth-order valence-corrected chi connectivity index (χ4v) is 2.54. The van der Waals surface area contributed by atoms with Crippen molar-refractivity contribution in [3.8, 4) is 0 Å². The molecule has 0 aromatic carbocycles. The molecular formula is C13H24N2O2. The average Bonchev–Trinajstić information content (AvgIpc) is 2.33. The minimum Gasteiger partial charge on any atom is -0.380 e. The Hall–Kier alpha value is -0.610. The highest BCUT2D eigenvalue weighted by molar-refractivity contribution is 5.81. The molecule has 17 heavy (non-hydrogen) atoms. The molecule has 0 radical (unpaired) electrons. The van der Waals surface area contributed by atoms with Gasteiger partial charge in [-0.05, 0) is 25.3 Å². The molecule has 2 unspecified atom stereocenters. The molecular weight excluding hydrogens is 216 g/mol. The molecule has 4 nitrogen and oxygen atoms in total. The van der Waals surface area contributed by atoms with Crippen LogP contribution in [0.4, 0.5) is 0 Å². The predicted molar refractivity (Wildman–Crippen MR) is 66.7 cm³/mol. The standard InChI is InChI=1S/C13H24N2O2/c1-3-10-4-5-14-11(6-10)12(16)15-7-13(2)8-17-9-13/h10-11,14H,3-9H2,1-2H3,(H,15,16). The van der Waals surface area contributed by atoms with E-state index in [-0.39, 0.29) is 17.4 Å². The Morgan fingerprint density at radius 2 is 2.29 bits per heavy atom. The van der Waals surface area contributed by atoms with Crippen LogP contribution in [-0.2, 0) is 9.53 Å². The van der Waals surface area contributed by atoms with Gasteiger partial charge in [-0.15, -0.1) is 0 Å². The van der Waals surface area contributed by atoms with E-state index < -0.39 is 0 Å². The molecule has 2 aliphatic heterocycles.